The maximum absolute atomic E-state index is 11.9. The predicted octanol–water partition coefficient (Wildman–Crippen LogP) is 1.44. The first kappa shape index (κ1) is 11.5. The van der Waals surface area contributed by atoms with Crippen LogP contribution in [0.5, 0.6) is 0 Å². The Balaban J connectivity index is 2.06. The molecule has 1 aliphatic heterocycles. The first-order valence-electron chi connectivity index (χ1n) is 5.17. The summed E-state index contributed by atoms with van der Waals surface area (Å²) in [5, 5.41) is 9.82. The minimum absolute atomic E-state index is 0.0544. The first-order valence-corrected chi connectivity index (χ1v) is 5.96. The zero-order valence-electron chi connectivity index (χ0n) is 8.98. The van der Waals surface area contributed by atoms with Gasteiger partial charge in [-0.2, -0.15) is 0 Å². The van der Waals surface area contributed by atoms with E-state index in [1.54, 1.807) is 23.2 Å². The molecular formula is C11H13BrN2O2. The summed E-state index contributed by atoms with van der Waals surface area (Å²) in [5.74, 6) is -0.0544. The second kappa shape index (κ2) is 4.14. The number of hydrogen-bond acceptors (Lipinski definition) is 3. The lowest BCUT2D eigenvalue weighted by Gasteiger charge is -2.46. The molecule has 0 aliphatic carbocycles. The molecular weight excluding hydrogens is 272 g/mol. The van der Waals surface area contributed by atoms with E-state index >= 15 is 0 Å². The Kier molecular flexibility index (Phi) is 2.99. The Morgan fingerprint density at radius 3 is 2.94 bits per heavy atom. The monoisotopic (exact) mass is 284 g/mol. The van der Waals surface area contributed by atoms with Crippen molar-refractivity contribution < 1.29 is 9.90 Å². The van der Waals surface area contributed by atoms with Crippen LogP contribution in [0.1, 0.15) is 23.7 Å². The van der Waals surface area contributed by atoms with E-state index in [4.69, 9.17) is 0 Å². The number of aliphatic hydroxyl groups is 1. The van der Waals surface area contributed by atoms with Crippen molar-refractivity contribution in [2.75, 3.05) is 13.1 Å². The van der Waals surface area contributed by atoms with Gasteiger partial charge in [-0.3, -0.25) is 4.79 Å². The Morgan fingerprint density at radius 1 is 1.69 bits per heavy atom. The topological polar surface area (TPSA) is 53.4 Å². The third kappa shape index (κ3) is 2.10. The van der Waals surface area contributed by atoms with Crippen molar-refractivity contribution in [1.29, 1.82) is 0 Å². The Hall–Kier alpha value is -0.940. The minimum Gasteiger partial charge on any atom is -0.386 e. The van der Waals surface area contributed by atoms with Crippen molar-refractivity contribution in [3.8, 4) is 0 Å². The van der Waals surface area contributed by atoms with Crippen LogP contribution in [0.3, 0.4) is 0 Å². The largest absolute Gasteiger partial charge is 0.386 e. The summed E-state index contributed by atoms with van der Waals surface area (Å²) in [7, 11) is 0. The van der Waals surface area contributed by atoms with Crippen LogP contribution in [-0.4, -0.2) is 39.6 Å². The summed E-state index contributed by atoms with van der Waals surface area (Å²) in [5.41, 5.74) is -0.0834. The van der Waals surface area contributed by atoms with E-state index in [0.29, 0.717) is 29.7 Å². The number of halogens is 1. The molecule has 0 radical (unpaired) electrons. The summed E-state index contributed by atoms with van der Waals surface area (Å²) in [6.45, 7) is 2.76. The third-order valence-electron chi connectivity index (χ3n) is 2.89. The fourth-order valence-corrected chi connectivity index (χ4v) is 2.11. The number of likely N-dealkylation sites (tertiary alicyclic amines) is 1. The van der Waals surface area contributed by atoms with Crippen LogP contribution in [0.15, 0.2) is 22.9 Å². The van der Waals surface area contributed by atoms with Crippen molar-refractivity contribution in [1.82, 2.24) is 9.88 Å². The molecule has 0 saturated carbocycles. The van der Waals surface area contributed by atoms with Crippen molar-refractivity contribution in [2.45, 2.75) is 18.9 Å². The molecule has 1 aliphatic rings. The van der Waals surface area contributed by atoms with E-state index in [1.165, 1.54) is 0 Å². The molecule has 0 bridgehead atoms. The number of pyridine rings is 1. The van der Waals surface area contributed by atoms with Gasteiger partial charge in [0.2, 0.25) is 0 Å². The zero-order chi connectivity index (χ0) is 11.8. The van der Waals surface area contributed by atoms with E-state index in [0.717, 1.165) is 0 Å². The highest BCUT2D eigenvalue weighted by Gasteiger charge is 2.42. The van der Waals surface area contributed by atoms with Gasteiger partial charge in [0.25, 0.3) is 5.91 Å². The average Bonchev–Trinajstić information content (AvgIpc) is 2.24. The molecule has 16 heavy (non-hydrogen) atoms. The quantitative estimate of drug-likeness (QED) is 0.837. The SMILES string of the molecule is CCC1(O)CN(C(=O)c2ccnc(Br)c2)C1. The predicted molar refractivity (Wildman–Crippen MR) is 63.1 cm³/mol. The van der Waals surface area contributed by atoms with E-state index in [2.05, 4.69) is 20.9 Å². The molecule has 2 rings (SSSR count). The smallest absolute Gasteiger partial charge is 0.254 e. The molecule has 1 aromatic heterocycles. The maximum Gasteiger partial charge on any atom is 0.254 e. The normalized spacial score (nSPS) is 18.1. The number of carbonyl (C=O) groups excluding carboxylic acids is 1. The van der Waals surface area contributed by atoms with Crippen molar-refractivity contribution in [3.05, 3.63) is 28.5 Å². The number of nitrogens with zero attached hydrogens (tertiary/aromatic N) is 2. The van der Waals surface area contributed by atoms with Crippen molar-refractivity contribution in [2.24, 2.45) is 0 Å². The van der Waals surface area contributed by atoms with Crippen LogP contribution in [0.25, 0.3) is 0 Å². The zero-order valence-corrected chi connectivity index (χ0v) is 10.6. The molecule has 2 heterocycles. The summed E-state index contributed by atoms with van der Waals surface area (Å²) < 4.78 is 0.643. The number of β-amino-alcohol motifs (C(OH)–C–C–N with tert-alkyl or cyclic N) is 1. The summed E-state index contributed by atoms with van der Waals surface area (Å²) >= 11 is 3.22. The average molecular weight is 285 g/mol. The molecule has 0 aromatic carbocycles. The number of aromatic nitrogens is 1. The maximum atomic E-state index is 11.9. The molecule has 0 atom stereocenters. The van der Waals surface area contributed by atoms with Gasteiger partial charge in [-0.25, -0.2) is 4.98 Å². The van der Waals surface area contributed by atoms with Gasteiger partial charge in [0.1, 0.15) is 4.60 Å². The summed E-state index contributed by atoms with van der Waals surface area (Å²) in [6.07, 6.45) is 2.26. The fourth-order valence-electron chi connectivity index (χ4n) is 1.75. The first-order chi connectivity index (χ1) is 7.54. The van der Waals surface area contributed by atoms with Gasteiger partial charge in [0.05, 0.1) is 18.7 Å². The molecule has 1 aromatic rings. The van der Waals surface area contributed by atoms with Crippen molar-refractivity contribution >= 4 is 21.8 Å². The molecule has 1 N–H and O–H groups in total. The standard InChI is InChI=1S/C11H13BrN2O2/c1-2-11(16)6-14(7-11)10(15)8-3-4-13-9(12)5-8/h3-5,16H,2,6-7H2,1H3. The van der Waals surface area contributed by atoms with E-state index in [1.807, 2.05) is 6.92 Å². The highest BCUT2D eigenvalue weighted by Crippen LogP contribution is 2.25. The molecule has 4 nitrogen and oxygen atoms in total. The third-order valence-corrected chi connectivity index (χ3v) is 3.32. The Labute approximate surface area is 102 Å². The van der Waals surface area contributed by atoms with Gasteiger partial charge in [-0.05, 0) is 34.5 Å². The molecule has 5 heteroatoms. The Bertz CT molecular complexity index is 416. The summed E-state index contributed by atoms with van der Waals surface area (Å²) in [4.78, 5) is 17.6. The van der Waals surface area contributed by atoms with Crippen LogP contribution in [-0.2, 0) is 0 Å². The molecule has 1 fully saturated rings. The van der Waals surface area contributed by atoms with E-state index < -0.39 is 5.60 Å². The number of carbonyl (C=O) groups is 1. The lowest BCUT2D eigenvalue weighted by atomic mass is 9.91. The number of amides is 1. The molecule has 0 spiro atoms. The van der Waals surface area contributed by atoms with Gasteiger partial charge < -0.3 is 10.0 Å². The van der Waals surface area contributed by atoms with Gasteiger partial charge in [-0.15, -0.1) is 0 Å². The van der Waals surface area contributed by atoms with Crippen LogP contribution in [0, 0.1) is 0 Å². The summed E-state index contributed by atoms with van der Waals surface area (Å²) in [6, 6.07) is 3.36. The number of rotatable bonds is 2. The lowest BCUT2D eigenvalue weighted by molar-refractivity contribution is -0.0826. The highest BCUT2D eigenvalue weighted by molar-refractivity contribution is 9.10. The minimum atomic E-state index is -0.681. The fraction of sp³-hybridized carbons (Fsp3) is 0.455. The van der Waals surface area contributed by atoms with E-state index in [9.17, 15) is 9.90 Å². The van der Waals surface area contributed by atoms with Crippen LogP contribution < -0.4 is 0 Å². The molecule has 1 amide bonds. The van der Waals surface area contributed by atoms with Gasteiger partial charge >= 0.3 is 0 Å². The van der Waals surface area contributed by atoms with Crippen LogP contribution in [0.4, 0.5) is 0 Å². The van der Waals surface area contributed by atoms with Crippen LogP contribution in [0.2, 0.25) is 0 Å². The van der Waals surface area contributed by atoms with Crippen molar-refractivity contribution in [3.63, 3.8) is 0 Å². The lowest BCUT2D eigenvalue weighted by Crippen LogP contribution is -2.63. The molecule has 1 saturated heterocycles. The second-order valence-electron chi connectivity index (χ2n) is 4.11. The van der Waals surface area contributed by atoms with Crippen LogP contribution >= 0.6 is 15.9 Å². The highest BCUT2D eigenvalue weighted by atomic mass is 79.9. The molecule has 86 valence electrons. The van der Waals surface area contributed by atoms with Gasteiger partial charge in [-0.1, -0.05) is 6.92 Å². The Morgan fingerprint density at radius 2 is 2.38 bits per heavy atom. The number of hydrogen-bond donors (Lipinski definition) is 1. The van der Waals surface area contributed by atoms with Gasteiger partial charge in [0, 0.05) is 11.8 Å². The molecule has 0 unspecified atom stereocenters. The van der Waals surface area contributed by atoms with E-state index in [-0.39, 0.29) is 5.91 Å². The van der Waals surface area contributed by atoms with Gasteiger partial charge in [0.15, 0.2) is 0 Å². The second-order valence-corrected chi connectivity index (χ2v) is 4.92.